The Morgan fingerprint density at radius 3 is 0.821 bits per heavy atom. The summed E-state index contributed by atoms with van der Waals surface area (Å²) in [6.07, 6.45) is 1.01. The van der Waals surface area contributed by atoms with Crippen molar-refractivity contribution in [3.05, 3.63) is 360 Å². The summed E-state index contributed by atoms with van der Waals surface area (Å²) in [5.74, 6) is -1.13. The number of aromatic carboxylic acids is 2. The van der Waals surface area contributed by atoms with Crippen molar-refractivity contribution in [2.24, 2.45) is 0 Å². The van der Waals surface area contributed by atoms with E-state index < -0.39 is 47.4 Å². The van der Waals surface area contributed by atoms with Crippen molar-refractivity contribution in [2.45, 2.75) is 84.8 Å². The number of benzene rings is 12. The first-order valence-electron chi connectivity index (χ1n) is 37.5. The molecule has 0 aromatic heterocycles. The molecular formula is C93H87N3O18S3. The third-order valence-corrected chi connectivity index (χ3v) is 23.9. The fraction of sp³-hybridized carbons (Fsp3) is 0.161. The molecule has 12 rings (SSSR count). The highest BCUT2D eigenvalue weighted by Gasteiger charge is 2.26. The molecule has 0 saturated carbocycles. The third-order valence-electron chi connectivity index (χ3n) is 18.6. The number of sulfone groups is 3. The van der Waals surface area contributed by atoms with E-state index in [2.05, 4.69) is 16.0 Å². The molecule has 0 spiro atoms. The summed E-state index contributed by atoms with van der Waals surface area (Å²) in [6.45, 7) is 3.97. The van der Waals surface area contributed by atoms with Gasteiger partial charge in [0.2, 0.25) is 17.7 Å². The van der Waals surface area contributed by atoms with Crippen molar-refractivity contribution >= 4 is 82.2 Å². The Morgan fingerprint density at radius 1 is 0.308 bits per heavy atom. The zero-order valence-electron chi connectivity index (χ0n) is 64.1. The molecule has 21 nitrogen and oxygen atoms in total. The van der Waals surface area contributed by atoms with Crippen molar-refractivity contribution in [1.82, 2.24) is 0 Å². The topological polar surface area (TPSA) is 318 Å². The summed E-state index contributed by atoms with van der Waals surface area (Å²) in [6, 6.07) is 91.3. The van der Waals surface area contributed by atoms with Gasteiger partial charge in [0.1, 0.15) is 34.5 Å². The quantitative estimate of drug-likeness (QED) is 0.0234. The first-order chi connectivity index (χ1) is 56.3. The average Bonchev–Trinajstić information content (AvgIpc) is 0.838. The molecular weight excluding hydrogens is 1540 g/mol. The second-order valence-electron chi connectivity index (χ2n) is 27.1. The highest BCUT2D eigenvalue weighted by molar-refractivity contribution is 7.92. The van der Waals surface area contributed by atoms with Crippen LogP contribution in [0.25, 0.3) is 0 Å². The Morgan fingerprint density at radius 2 is 0.556 bits per heavy atom. The number of carbonyl (C=O) groups excluding carboxylic acids is 4. The number of anilines is 3. The summed E-state index contributed by atoms with van der Waals surface area (Å²) >= 11 is 0. The Labute approximate surface area is 680 Å². The van der Waals surface area contributed by atoms with Crippen LogP contribution in [0.3, 0.4) is 0 Å². The molecule has 3 atom stereocenters. The van der Waals surface area contributed by atoms with Crippen LogP contribution >= 0.6 is 0 Å². The molecule has 0 aliphatic rings. The molecule has 5 N–H and O–H groups in total. The highest BCUT2D eigenvalue weighted by atomic mass is 32.2. The van der Waals surface area contributed by atoms with Crippen LogP contribution in [0.5, 0.6) is 34.5 Å². The maximum Gasteiger partial charge on any atom is 0.338 e. The van der Waals surface area contributed by atoms with Crippen molar-refractivity contribution < 1.29 is 83.2 Å². The monoisotopic (exact) mass is 1630 g/mol. The summed E-state index contributed by atoms with van der Waals surface area (Å²) < 4.78 is 101. The van der Waals surface area contributed by atoms with Gasteiger partial charge in [-0.1, -0.05) is 145 Å². The van der Waals surface area contributed by atoms with E-state index in [-0.39, 0.29) is 124 Å². The van der Waals surface area contributed by atoms with E-state index in [1.807, 2.05) is 183 Å². The van der Waals surface area contributed by atoms with E-state index in [0.29, 0.717) is 57.1 Å². The largest absolute Gasteiger partial charge is 0.478 e. The summed E-state index contributed by atoms with van der Waals surface area (Å²) in [7, 11) is -10.8. The molecule has 117 heavy (non-hydrogen) atoms. The van der Waals surface area contributed by atoms with Crippen LogP contribution in [0.15, 0.2) is 336 Å². The molecule has 0 fully saturated rings. The van der Waals surface area contributed by atoms with Crippen LogP contribution < -0.4 is 30.2 Å². The first kappa shape index (κ1) is 86.1. The van der Waals surface area contributed by atoms with Gasteiger partial charge in [0.25, 0.3) is 0 Å². The summed E-state index contributed by atoms with van der Waals surface area (Å²) in [5.41, 5.74) is 5.80. The van der Waals surface area contributed by atoms with Crippen molar-refractivity contribution in [3.63, 3.8) is 0 Å². The molecule has 3 amide bonds. The number of hydrogen-bond donors (Lipinski definition) is 5. The first-order valence-corrected chi connectivity index (χ1v) is 42.5. The van der Waals surface area contributed by atoms with Gasteiger partial charge >= 0.3 is 17.9 Å². The normalized spacial score (nSPS) is 11.9. The van der Waals surface area contributed by atoms with E-state index >= 15 is 0 Å². The zero-order valence-corrected chi connectivity index (χ0v) is 66.5. The van der Waals surface area contributed by atoms with Gasteiger partial charge < -0.3 is 45.1 Å². The second-order valence-corrected chi connectivity index (χ2v) is 33.5. The van der Waals surface area contributed by atoms with Gasteiger partial charge in [-0.2, -0.15) is 0 Å². The lowest BCUT2D eigenvalue weighted by atomic mass is 9.92. The number of aryl methyl sites for hydroxylation is 1. The predicted octanol–water partition coefficient (Wildman–Crippen LogP) is 19.2. The molecule has 24 heteroatoms. The smallest absolute Gasteiger partial charge is 0.338 e. The van der Waals surface area contributed by atoms with Crippen LogP contribution in [0.1, 0.15) is 117 Å². The SMILES string of the molecule is CCOC(=O)c1ccc(NC(=O)CC(CCS(=O)(=O)c2ccc(Oc3ccccc3)cc2)c2ccccc2)cc1.Cc1ccc(C(CCS(=O)(=O)c2ccc(Oc3ccccc3)cc2)CC(=O)Nc2ccc(C(=O)O)cc2)cc1.O=C(CC(CCS(=O)(=O)c1ccc(Oc2ccccc2)cc1)c1ccccc1)Nc1ccc(C(=O)O)cc1. The number of nitrogens with one attached hydrogen (secondary N) is 3. The fourth-order valence-electron chi connectivity index (χ4n) is 12.3. The molecule has 0 heterocycles. The molecule has 12 aromatic rings. The fourth-order valence-corrected chi connectivity index (χ4v) is 16.5. The number of para-hydroxylation sites is 3. The Balaban J connectivity index is 0.000000185. The molecule has 3 unspecified atom stereocenters. The number of carboxylic acids is 2. The van der Waals surface area contributed by atoms with Crippen LogP contribution in [0.2, 0.25) is 0 Å². The number of amides is 3. The van der Waals surface area contributed by atoms with Gasteiger partial charge in [-0.3, -0.25) is 14.4 Å². The van der Waals surface area contributed by atoms with Crippen LogP contribution in [0, 0.1) is 6.92 Å². The van der Waals surface area contributed by atoms with E-state index in [0.717, 1.165) is 22.3 Å². The lowest BCUT2D eigenvalue weighted by Crippen LogP contribution is -2.18. The third kappa shape index (κ3) is 27.2. The van der Waals surface area contributed by atoms with Crippen LogP contribution in [-0.4, -0.2) is 95.0 Å². The lowest BCUT2D eigenvalue weighted by Gasteiger charge is -2.18. The molecule has 0 bridgehead atoms. The van der Waals surface area contributed by atoms with E-state index in [1.165, 1.54) is 84.9 Å². The molecule has 0 aliphatic heterocycles. The average molecular weight is 1630 g/mol. The molecule has 600 valence electrons. The summed E-state index contributed by atoms with van der Waals surface area (Å²) in [4.78, 5) is 73.2. The lowest BCUT2D eigenvalue weighted by molar-refractivity contribution is -0.117. The number of ether oxygens (including phenoxy) is 4. The Bertz CT molecular complexity index is 5610. The molecule has 0 aliphatic carbocycles. The number of carbonyl (C=O) groups is 6. The van der Waals surface area contributed by atoms with Gasteiger partial charge in [0, 0.05) is 36.3 Å². The van der Waals surface area contributed by atoms with Gasteiger partial charge in [0.15, 0.2) is 29.5 Å². The standard InChI is InChI=1S/C32H31NO6S.C31H29NO6S.C30H27NO6S/c1-2-38-32(35)25-13-15-27(16-14-25)33-31(34)23-26(24-9-5-3-6-10-24)21-22-40(36,37)30-19-17-29(18-20-30)39-28-11-7-4-8-12-28;1-22-7-9-23(10-8-22)25(21-30(33)32-26-13-11-24(12-14-26)31(34)35)19-20-39(36,37)29-17-15-28(16-18-29)38-27-5-3-2-4-6-27;32-29(31-25-13-11-23(12-14-25)30(33)34)21-24(22-7-3-1-4-8-22)19-20-38(35,36)28-17-15-27(16-18-28)37-26-9-5-2-6-10-26/h3-20,26H,2,21-23H2,1H3,(H,33,34);2-18,25H,19-21H2,1H3,(H,32,33)(H,34,35);1-18,24H,19-21H2,(H,31,32)(H,33,34). The van der Waals surface area contributed by atoms with Crippen molar-refractivity contribution in [3.8, 4) is 34.5 Å². The zero-order chi connectivity index (χ0) is 83.2. The van der Waals surface area contributed by atoms with Gasteiger partial charge in [-0.25, -0.2) is 39.6 Å². The van der Waals surface area contributed by atoms with Gasteiger partial charge in [-0.05, 0) is 250 Å². The summed E-state index contributed by atoms with van der Waals surface area (Å²) in [5, 5.41) is 26.5. The second kappa shape index (κ2) is 42.2. The Kier molecular flexibility index (Phi) is 31.1. The van der Waals surface area contributed by atoms with Crippen LogP contribution in [0.4, 0.5) is 17.1 Å². The number of hydrogen-bond acceptors (Lipinski definition) is 16. The van der Waals surface area contributed by atoms with E-state index in [1.54, 1.807) is 67.6 Å². The molecule has 0 saturated heterocycles. The maximum atomic E-state index is 13.2. The van der Waals surface area contributed by atoms with Crippen molar-refractivity contribution in [1.29, 1.82) is 0 Å². The number of carboxylic acid groups (broad SMARTS) is 2. The van der Waals surface area contributed by atoms with Crippen LogP contribution in [-0.2, 0) is 48.6 Å². The van der Waals surface area contributed by atoms with E-state index in [4.69, 9.17) is 29.2 Å². The minimum atomic E-state index is -3.61. The highest BCUT2D eigenvalue weighted by Crippen LogP contribution is 2.33. The Hall–Kier alpha value is -13.3. The van der Waals surface area contributed by atoms with Gasteiger partial charge in [0.05, 0.1) is 55.2 Å². The number of rotatable bonds is 34. The van der Waals surface area contributed by atoms with Gasteiger partial charge in [-0.15, -0.1) is 0 Å². The predicted molar refractivity (Wildman–Crippen MR) is 450 cm³/mol. The molecule has 12 aromatic carbocycles. The van der Waals surface area contributed by atoms with Crippen molar-refractivity contribution in [2.75, 3.05) is 39.8 Å². The minimum Gasteiger partial charge on any atom is -0.478 e. The van der Waals surface area contributed by atoms with E-state index in [9.17, 15) is 54.0 Å². The number of esters is 1. The molecule has 0 radical (unpaired) electrons. The maximum absolute atomic E-state index is 13.2. The minimum absolute atomic E-state index is 0.0725.